The molecular weight excluding hydrogens is 226 g/mol. The SMILES string of the molecule is CC[C@H]1C[C@@H](c2c[nH]c3c(=O)[nH]cnc23)C[C@@H]1C. The molecule has 18 heavy (non-hydrogen) atoms. The van der Waals surface area contributed by atoms with Gasteiger partial charge in [0.15, 0.2) is 0 Å². The molecule has 3 rings (SSSR count). The molecule has 1 aliphatic rings. The summed E-state index contributed by atoms with van der Waals surface area (Å²) in [4.78, 5) is 21.7. The van der Waals surface area contributed by atoms with E-state index in [2.05, 4.69) is 28.8 Å². The molecule has 1 saturated carbocycles. The predicted molar refractivity (Wildman–Crippen MR) is 71.6 cm³/mol. The van der Waals surface area contributed by atoms with E-state index in [0.717, 1.165) is 17.4 Å². The van der Waals surface area contributed by atoms with Gasteiger partial charge in [0.1, 0.15) is 5.52 Å². The molecule has 2 aromatic rings. The lowest BCUT2D eigenvalue weighted by Crippen LogP contribution is -2.06. The average Bonchev–Trinajstić information content (AvgIpc) is 2.93. The lowest BCUT2D eigenvalue weighted by atomic mass is 9.95. The van der Waals surface area contributed by atoms with Crippen molar-refractivity contribution in [3.63, 3.8) is 0 Å². The van der Waals surface area contributed by atoms with E-state index in [-0.39, 0.29) is 5.56 Å². The summed E-state index contributed by atoms with van der Waals surface area (Å²) in [5.74, 6) is 2.13. The highest BCUT2D eigenvalue weighted by Gasteiger charge is 2.32. The van der Waals surface area contributed by atoms with Crippen molar-refractivity contribution < 1.29 is 0 Å². The first-order valence-corrected chi connectivity index (χ1v) is 6.75. The third-order valence-electron chi connectivity index (χ3n) is 4.51. The fraction of sp³-hybridized carbons (Fsp3) is 0.571. The van der Waals surface area contributed by atoms with E-state index in [1.54, 1.807) is 0 Å². The third-order valence-corrected chi connectivity index (χ3v) is 4.51. The van der Waals surface area contributed by atoms with Crippen molar-refractivity contribution in [2.24, 2.45) is 11.8 Å². The quantitative estimate of drug-likeness (QED) is 0.854. The molecule has 2 aromatic heterocycles. The van der Waals surface area contributed by atoms with Crippen LogP contribution in [0.2, 0.25) is 0 Å². The number of H-pyrrole nitrogens is 2. The van der Waals surface area contributed by atoms with E-state index < -0.39 is 0 Å². The molecule has 0 saturated heterocycles. The summed E-state index contributed by atoms with van der Waals surface area (Å²) in [7, 11) is 0. The highest BCUT2D eigenvalue weighted by Crippen LogP contribution is 2.44. The van der Waals surface area contributed by atoms with Gasteiger partial charge < -0.3 is 9.97 Å². The normalized spacial score (nSPS) is 28.0. The van der Waals surface area contributed by atoms with Crippen molar-refractivity contribution >= 4 is 11.0 Å². The smallest absolute Gasteiger partial charge is 0.275 e. The molecule has 4 nitrogen and oxygen atoms in total. The van der Waals surface area contributed by atoms with Crippen LogP contribution in [-0.2, 0) is 0 Å². The number of fused-ring (bicyclic) bond motifs is 1. The number of aromatic nitrogens is 3. The van der Waals surface area contributed by atoms with Crippen molar-refractivity contribution in [2.75, 3.05) is 0 Å². The van der Waals surface area contributed by atoms with Gasteiger partial charge in [-0.15, -0.1) is 0 Å². The molecule has 0 bridgehead atoms. The Labute approximate surface area is 106 Å². The van der Waals surface area contributed by atoms with Crippen LogP contribution in [0.1, 0.15) is 44.6 Å². The van der Waals surface area contributed by atoms with Gasteiger partial charge in [-0.2, -0.15) is 0 Å². The van der Waals surface area contributed by atoms with Crippen LogP contribution >= 0.6 is 0 Å². The second-order valence-corrected chi connectivity index (χ2v) is 5.51. The van der Waals surface area contributed by atoms with Crippen molar-refractivity contribution in [1.29, 1.82) is 0 Å². The topological polar surface area (TPSA) is 61.5 Å². The molecule has 2 N–H and O–H groups in total. The van der Waals surface area contributed by atoms with Crippen LogP contribution in [-0.4, -0.2) is 15.0 Å². The minimum atomic E-state index is -0.0793. The van der Waals surface area contributed by atoms with Crippen LogP contribution in [0.3, 0.4) is 0 Å². The second kappa shape index (κ2) is 4.26. The molecule has 0 amide bonds. The van der Waals surface area contributed by atoms with E-state index >= 15 is 0 Å². The minimum Gasteiger partial charge on any atom is -0.355 e. The highest BCUT2D eigenvalue weighted by atomic mass is 16.1. The standard InChI is InChI=1S/C14H19N3O/c1-3-9-5-10(4-8(9)2)11-6-15-13-12(11)16-7-17-14(13)18/h6-10,15H,3-5H2,1-2H3,(H,16,17,18)/t8-,9-,10-/m0/s1. The number of hydrogen-bond acceptors (Lipinski definition) is 2. The molecule has 1 fully saturated rings. The number of nitrogens with one attached hydrogen (secondary N) is 2. The van der Waals surface area contributed by atoms with Crippen LogP contribution in [0.25, 0.3) is 11.0 Å². The molecule has 4 heteroatoms. The van der Waals surface area contributed by atoms with Crippen molar-refractivity contribution in [3.8, 4) is 0 Å². The lowest BCUT2D eigenvalue weighted by Gasteiger charge is -2.10. The fourth-order valence-corrected chi connectivity index (χ4v) is 3.44. The Morgan fingerprint density at radius 3 is 2.94 bits per heavy atom. The lowest BCUT2D eigenvalue weighted by molar-refractivity contribution is 0.407. The molecule has 0 aliphatic heterocycles. The van der Waals surface area contributed by atoms with Gasteiger partial charge in [-0.25, -0.2) is 4.98 Å². The monoisotopic (exact) mass is 245 g/mol. The van der Waals surface area contributed by atoms with Crippen LogP contribution in [0.4, 0.5) is 0 Å². The zero-order chi connectivity index (χ0) is 12.7. The molecule has 0 unspecified atom stereocenters. The Balaban J connectivity index is 2.01. The summed E-state index contributed by atoms with van der Waals surface area (Å²) < 4.78 is 0. The first-order chi connectivity index (χ1) is 8.70. The number of rotatable bonds is 2. The van der Waals surface area contributed by atoms with E-state index in [0.29, 0.717) is 11.4 Å². The highest BCUT2D eigenvalue weighted by molar-refractivity contribution is 5.78. The van der Waals surface area contributed by atoms with Crippen molar-refractivity contribution in [2.45, 2.75) is 39.0 Å². The summed E-state index contributed by atoms with van der Waals surface area (Å²) >= 11 is 0. The summed E-state index contributed by atoms with van der Waals surface area (Å²) in [6, 6.07) is 0. The maximum absolute atomic E-state index is 11.7. The van der Waals surface area contributed by atoms with Gasteiger partial charge in [-0.1, -0.05) is 20.3 Å². The summed E-state index contributed by atoms with van der Waals surface area (Å²) in [5.41, 5.74) is 2.61. The maximum Gasteiger partial charge on any atom is 0.275 e. The Morgan fingerprint density at radius 2 is 2.22 bits per heavy atom. The van der Waals surface area contributed by atoms with Gasteiger partial charge in [0, 0.05) is 6.20 Å². The summed E-state index contributed by atoms with van der Waals surface area (Å²) in [6.07, 6.45) is 7.15. The Morgan fingerprint density at radius 1 is 1.39 bits per heavy atom. The zero-order valence-corrected chi connectivity index (χ0v) is 10.9. The number of hydrogen-bond donors (Lipinski definition) is 2. The van der Waals surface area contributed by atoms with E-state index in [4.69, 9.17) is 0 Å². The van der Waals surface area contributed by atoms with Crippen LogP contribution in [0, 0.1) is 11.8 Å². The van der Waals surface area contributed by atoms with Crippen LogP contribution < -0.4 is 5.56 Å². The summed E-state index contributed by atoms with van der Waals surface area (Å²) in [6.45, 7) is 4.60. The number of nitrogens with zero attached hydrogens (tertiary/aromatic N) is 1. The molecule has 3 atom stereocenters. The molecule has 2 heterocycles. The Kier molecular flexibility index (Phi) is 2.73. The van der Waals surface area contributed by atoms with Gasteiger partial charge >= 0.3 is 0 Å². The van der Waals surface area contributed by atoms with Crippen molar-refractivity contribution in [1.82, 2.24) is 15.0 Å². The van der Waals surface area contributed by atoms with Gasteiger partial charge in [-0.05, 0) is 36.2 Å². The Bertz CT molecular complexity index is 613. The van der Waals surface area contributed by atoms with E-state index in [9.17, 15) is 4.79 Å². The predicted octanol–water partition coefficient (Wildman–Crippen LogP) is 2.79. The molecule has 0 spiro atoms. The first-order valence-electron chi connectivity index (χ1n) is 6.75. The van der Waals surface area contributed by atoms with E-state index in [1.807, 2.05) is 6.20 Å². The van der Waals surface area contributed by atoms with Crippen LogP contribution in [0.15, 0.2) is 17.3 Å². The Hall–Kier alpha value is -1.58. The third kappa shape index (κ3) is 1.67. The van der Waals surface area contributed by atoms with E-state index in [1.165, 1.54) is 31.2 Å². The van der Waals surface area contributed by atoms with Gasteiger partial charge in [0.05, 0.1) is 11.8 Å². The van der Waals surface area contributed by atoms with Gasteiger partial charge in [0.25, 0.3) is 5.56 Å². The van der Waals surface area contributed by atoms with Gasteiger partial charge in [0.2, 0.25) is 0 Å². The number of aromatic amines is 2. The van der Waals surface area contributed by atoms with Gasteiger partial charge in [-0.3, -0.25) is 4.79 Å². The van der Waals surface area contributed by atoms with Crippen LogP contribution in [0.5, 0.6) is 0 Å². The maximum atomic E-state index is 11.7. The molecule has 1 aliphatic carbocycles. The zero-order valence-electron chi connectivity index (χ0n) is 10.9. The molecule has 0 aromatic carbocycles. The molecule has 0 radical (unpaired) electrons. The molecule has 96 valence electrons. The largest absolute Gasteiger partial charge is 0.355 e. The first kappa shape index (κ1) is 11.5. The minimum absolute atomic E-state index is 0.0793. The fourth-order valence-electron chi connectivity index (χ4n) is 3.44. The summed E-state index contributed by atoms with van der Waals surface area (Å²) in [5, 5.41) is 0. The average molecular weight is 245 g/mol. The second-order valence-electron chi connectivity index (χ2n) is 5.51. The van der Waals surface area contributed by atoms with Crippen molar-refractivity contribution in [3.05, 3.63) is 28.4 Å². The molecular formula is C14H19N3O.